The van der Waals surface area contributed by atoms with Gasteiger partial charge < -0.3 is 5.11 Å². The van der Waals surface area contributed by atoms with Crippen LogP contribution < -0.4 is 0 Å². The SMILES string of the molecule is CCN(Cc1ccccc1C)CC(C)C(=O)O. The fraction of sp³-hybridized carbons (Fsp3) is 0.500. The van der Waals surface area contributed by atoms with Crippen LogP contribution in [0.5, 0.6) is 0 Å². The highest BCUT2D eigenvalue weighted by Gasteiger charge is 2.15. The fourth-order valence-corrected chi connectivity index (χ4v) is 1.80. The number of carboxylic acids is 1. The predicted octanol–water partition coefficient (Wildman–Crippen LogP) is 2.54. The van der Waals surface area contributed by atoms with Gasteiger partial charge in [0.15, 0.2) is 0 Å². The van der Waals surface area contributed by atoms with Crippen molar-refractivity contribution in [1.29, 1.82) is 0 Å². The summed E-state index contributed by atoms with van der Waals surface area (Å²) >= 11 is 0. The Balaban J connectivity index is 2.64. The molecule has 0 aliphatic heterocycles. The van der Waals surface area contributed by atoms with Crippen molar-refractivity contribution < 1.29 is 9.90 Å². The van der Waals surface area contributed by atoms with E-state index in [0.717, 1.165) is 13.1 Å². The number of nitrogens with zero attached hydrogens (tertiary/aromatic N) is 1. The Morgan fingerprint density at radius 2 is 2.06 bits per heavy atom. The van der Waals surface area contributed by atoms with Crippen LogP contribution in [0.25, 0.3) is 0 Å². The van der Waals surface area contributed by atoms with E-state index in [0.29, 0.717) is 6.54 Å². The van der Waals surface area contributed by atoms with Crippen molar-refractivity contribution in [1.82, 2.24) is 4.90 Å². The zero-order valence-electron chi connectivity index (χ0n) is 10.8. The van der Waals surface area contributed by atoms with Crippen LogP contribution in [0.4, 0.5) is 0 Å². The minimum atomic E-state index is -0.728. The lowest BCUT2D eigenvalue weighted by molar-refractivity contribution is -0.141. The smallest absolute Gasteiger partial charge is 0.307 e. The number of benzene rings is 1. The first-order chi connectivity index (χ1) is 8.04. The molecular formula is C14H21NO2. The molecule has 1 unspecified atom stereocenters. The third-order valence-electron chi connectivity index (χ3n) is 3.06. The van der Waals surface area contributed by atoms with Gasteiger partial charge in [-0.1, -0.05) is 38.1 Å². The Morgan fingerprint density at radius 3 is 2.59 bits per heavy atom. The number of rotatable bonds is 6. The maximum atomic E-state index is 10.8. The third kappa shape index (κ3) is 4.19. The molecule has 0 heterocycles. The maximum absolute atomic E-state index is 10.8. The van der Waals surface area contributed by atoms with Gasteiger partial charge in [-0.3, -0.25) is 9.69 Å². The third-order valence-corrected chi connectivity index (χ3v) is 3.06. The van der Waals surface area contributed by atoms with E-state index in [2.05, 4.69) is 30.9 Å². The quantitative estimate of drug-likeness (QED) is 0.823. The minimum absolute atomic E-state index is 0.320. The van der Waals surface area contributed by atoms with Crippen LogP contribution in [0.3, 0.4) is 0 Å². The molecule has 3 heteroatoms. The van der Waals surface area contributed by atoms with E-state index in [1.807, 2.05) is 12.1 Å². The number of hydrogen-bond donors (Lipinski definition) is 1. The van der Waals surface area contributed by atoms with Gasteiger partial charge in [0.05, 0.1) is 5.92 Å². The highest BCUT2D eigenvalue weighted by molar-refractivity contribution is 5.69. The second-order valence-electron chi connectivity index (χ2n) is 4.49. The molecule has 3 nitrogen and oxygen atoms in total. The van der Waals surface area contributed by atoms with Gasteiger partial charge in [-0.25, -0.2) is 0 Å². The van der Waals surface area contributed by atoms with Crippen molar-refractivity contribution in [3.05, 3.63) is 35.4 Å². The zero-order chi connectivity index (χ0) is 12.8. The van der Waals surface area contributed by atoms with Crippen molar-refractivity contribution in [2.45, 2.75) is 27.3 Å². The molecule has 0 bridgehead atoms. The van der Waals surface area contributed by atoms with Crippen LogP contribution in [0.15, 0.2) is 24.3 Å². The van der Waals surface area contributed by atoms with Crippen molar-refractivity contribution >= 4 is 5.97 Å². The number of aliphatic carboxylic acids is 1. The second kappa shape index (κ2) is 6.40. The van der Waals surface area contributed by atoms with Crippen LogP contribution >= 0.6 is 0 Å². The van der Waals surface area contributed by atoms with E-state index in [4.69, 9.17) is 5.11 Å². The number of carbonyl (C=O) groups is 1. The van der Waals surface area contributed by atoms with Gasteiger partial charge in [0.2, 0.25) is 0 Å². The zero-order valence-corrected chi connectivity index (χ0v) is 10.8. The lowest BCUT2D eigenvalue weighted by atomic mass is 10.1. The van der Waals surface area contributed by atoms with Crippen LogP contribution in [0.1, 0.15) is 25.0 Å². The van der Waals surface area contributed by atoms with Gasteiger partial charge in [0.25, 0.3) is 0 Å². The summed E-state index contributed by atoms with van der Waals surface area (Å²) in [5.74, 6) is -1.05. The maximum Gasteiger partial charge on any atom is 0.307 e. The lowest BCUT2D eigenvalue weighted by Crippen LogP contribution is -2.31. The molecule has 0 aromatic heterocycles. The molecule has 1 atom stereocenters. The molecular weight excluding hydrogens is 214 g/mol. The first-order valence-electron chi connectivity index (χ1n) is 6.04. The van der Waals surface area contributed by atoms with E-state index in [1.165, 1.54) is 11.1 Å². The Bertz CT molecular complexity index is 376. The van der Waals surface area contributed by atoms with Gasteiger partial charge in [0.1, 0.15) is 0 Å². The number of carboxylic acid groups (broad SMARTS) is 1. The number of hydrogen-bond acceptors (Lipinski definition) is 2. The van der Waals surface area contributed by atoms with Gasteiger partial charge in [-0.05, 0) is 24.6 Å². The van der Waals surface area contributed by atoms with E-state index in [9.17, 15) is 4.79 Å². The molecule has 0 aliphatic carbocycles. The largest absolute Gasteiger partial charge is 0.481 e. The van der Waals surface area contributed by atoms with Crippen LogP contribution in [-0.4, -0.2) is 29.1 Å². The average Bonchev–Trinajstić information content (AvgIpc) is 2.30. The van der Waals surface area contributed by atoms with Crippen molar-refractivity contribution in [3.8, 4) is 0 Å². The number of aryl methyl sites for hydroxylation is 1. The molecule has 94 valence electrons. The highest BCUT2D eigenvalue weighted by Crippen LogP contribution is 2.11. The van der Waals surface area contributed by atoms with E-state index >= 15 is 0 Å². The Hall–Kier alpha value is -1.35. The first-order valence-corrected chi connectivity index (χ1v) is 6.04. The standard InChI is InChI=1S/C14H21NO2/c1-4-15(9-12(3)14(16)17)10-13-8-6-5-7-11(13)2/h5-8,12H,4,9-10H2,1-3H3,(H,16,17). The molecule has 0 saturated heterocycles. The predicted molar refractivity (Wildman–Crippen MR) is 68.9 cm³/mol. The summed E-state index contributed by atoms with van der Waals surface area (Å²) < 4.78 is 0. The molecule has 1 rings (SSSR count). The Labute approximate surface area is 103 Å². The molecule has 17 heavy (non-hydrogen) atoms. The minimum Gasteiger partial charge on any atom is -0.481 e. The van der Waals surface area contributed by atoms with Crippen molar-refractivity contribution in [3.63, 3.8) is 0 Å². The van der Waals surface area contributed by atoms with Gasteiger partial charge >= 0.3 is 5.97 Å². The molecule has 0 aliphatic rings. The summed E-state index contributed by atoms with van der Waals surface area (Å²) in [7, 11) is 0. The molecule has 1 aromatic rings. The molecule has 1 aromatic carbocycles. The summed E-state index contributed by atoms with van der Waals surface area (Å²) in [4.78, 5) is 13.0. The molecule has 0 radical (unpaired) electrons. The van der Waals surface area contributed by atoms with Gasteiger partial charge in [0, 0.05) is 13.1 Å². The van der Waals surface area contributed by atoms with Gasteiger partial charge in [-0.15, -0.1) is 0 Å². The summed E-state index contributed by atoms with van der Waals surface area (Å²) in [5.41, 5.74) is 2.53. The average molecular weight is 235 g/mol. The normalized spacial score (nSPS) is 12.7. The van der Waals surface area contributed by atoms with E-state index in [-0.39, 0.29) is 5.92 Å². The monoisotopic (exact) mass is 235 g/mol. The molecule has 0 saturated carbocycles. The fourth-order valence-electron chi connectivity index (χ4n) is 1.80. The first kappa shape index (κ1) is 13.7. The topological polar surface area (TPSA) is 40.5 Å². The van der Waals surface area contributed by atoms with Crippen LogP contribution in [0, 0.1) is 12.8 Å². The van der Waals surface area contributed by atoms with Crippen LogP contribution in [0.2, 0.25) is 0 Å². The lowest BCUT2D eigenvalue weighted by Gasteiger charge is -2.23. The summed E-state index contributed by atoms with van der Waals surface area (Å²) in [6.45, 7) is 8.19. The molecule has 0 amide bonds. The summed E-state index contributed by atoms with van der Waals surface area (Å²) in [6.07, 6.45) is 0. The Morgan fingerprint density at radius 1 is 1.41 bits per heavy atom. The van der Waals surface area contributed by atoms with E-state index < -0.39 is 5.97 Å². The van der Waals surface area contributed by atoms with Crippen LogP contribution in [-0.2, 0) is 11.3 Å². The van der Waals surface area contributed by atoms with Crippen molar-refractivity contribution in [2.24, 2.45) is 5.92 Å². The molecule has 1 N–H and O–H groups in total. The molecule has 0 spiro atoms. The second-order valence-corrected chi connectivity index (χ2v) is 4.49. The highest BCUT2D eigenvalue weighted by atomic mass is 16.4. The Kier molecular flexibility index (Phi) is 5.16. The van der Waals surface area contributed by atoms with E-state index in [1.54, 1.807) is 6.92 Å². The summed E-state index contributed by atoms with van der Waals surface area (Å²) in [6, 6.07) is 8.24. The van der Waals surface area contributed by atoms with Crippen molar-refractivity contribution in [2.75, 3.05) is 13.1 Å². The van der Waals surface area contributed by atoms with Gasteiger partial charge in [-0.2, -0.15) is 0 Å². The summed E-state index contributed by atoms with van der Waals surface area (Å²) in [5, 5.41) is 8.92. The molecule has 0 fully saturated rings.